The number of hydrogen-bond donors (Lipinski definition) is 2. The molecule has 0 bridgehead atoms. The van der Waals surface area contributed by atoms with Crippen LogP contribution in [0.1, 0.15) is 10.4 Å². The summed E-state index contributed by atoms with van der Waals surface area (Å²) in [7, 11) is -1.25. The number of carbonyl (C=O) groups is 1. The topological polar surface area (TPSA) is 80.1 Å². The first-order chi connectivity index (χ1) is 16.3. The van der Waals surface area contributed by atoms with E-state index in [9.17, 15) is 9.90 Å². The standard InChI is InChI=1S/C26H27N3O3SSi/c1-34(2,3)13-12-32-16-29-22(17-8-10-27-25-19(17)9-11-28-25)14-20(26(30)31)24(29)21-15-33-23-7-5-4-6-18(21)23/h4-11,14-15H,12-13,16H2,1-3H3,(H,27,28)(H,30,31). The number of nitrogens with one attached hydrogen (secondary N) is 1. The molecule has 6 nitrogen and oxygen atoms in total. The second-order valence-electron chi connectivity index (χ2n) is 9.62. The molecule has 0 aliphatic carbocycles. The average Bonchev–Trinajstić information content (AvgIpc) is 3.52. The Labute approximate surface area is 202 Å². The predicted octanol–water partition coefficient (Wildman–Crippen LogP) is 6.92. The lowest BCUT2D eigenvalue weighted by Gasteiger charge is -2.18. The van der Waals surface area contributed by atoms with Gasteiger partial charge < -0.3 is 19.4 Å². The van der Waals surface area contributed by atoms with Crippen LogP contribution in [0.25, 0.3) is 43.6 Å². The molecule has 0 spiro atoms. The summed E-state index contributed by atoms with van der Waals surface area (Å²) in [4.78, 5) is 20.0. The Morgan fingerprint density at radius 2 is 1.97 bits per heavy atom. The minimum absolute atomic E-state index is 0.271. The maximum atomic E-state index is 12.5. The molecule has 4 aromatic heterocycles. The molecule has 174 valence electrons. The number of fused-ring (bicyclic) bond motifs is 2. The van der Waals surface area contributed by atoms with Gasteiger partial charge in [-0.25, -0.2) is 9.78 Å². The number of H-pyrrole nitrogens is 1. The first-order valence-electron chi connectivity index (χ1n) is 11.3. The van der Waals surface area contributed by atoms with E-state index in [1.807, 2.05) is 46.5 Å². The zero-order valence-electron chi connectivity index (χ0n) is 19.5. The fourth-order valence-electron chi connectivity index (χ4n) is 4.24. The van der Waals surface area contributed by atoms with Crippen molar-refractivity contribution in [2.24, 2.45) is 0 Å². The first kappa shape index (κ1) is 22.6. The molecular formula is C26H27N3O3SSi. The van der Waals surface area contributed by atoms with Crippen LogP contribution in [0.2, 0.25) is 25.7 Å². The van der Waals surface area contributed by atoms with Gasteiger partial charge in [0.15, 0.2) is 0 Å². The molecule has 0 atom stereocenters. The van der Waals surface area contributed by atoms with Gasteiger partial charge in [0.25, 0.3) is 0 Å². The zero-order valence-corrected chi connectivity index (χ0v) is 21.3. The van der Waals surface area contributed by atoms with Crippen molar-refractivity contribution in [3.05, 3.63) is 65.8 Å². The Hall–Kier alpha value is -3.20. The second kappa shape index (κ2) is 8.86. The number of ether oxygens (including phenoxy) is 1. The first-order valence-corrected chi connectivity index (χ1v) is 15.9. The van der Waals surface area contributed by atoms with Crippen molar-refractivity contribution in [3.8, 4) is 22.5 Å². The highest BCUT2D eigenvalue weighted by molar-refractivity contribution is 7.17. The van der Waals surface area contributed by atoms with E-state index in [-0.39, 0.29) is 12.3 Å². The largest absolute Gasteiger partial charge is 0.478 e. The second-order valence-corrected chi connectivity index (χ2v) is 16.1. The van der Waals surface area contributed by atoms with Gasteiger partial charge in [0, 0.05) is 59.1 Å². The summed E-state index contributed by atoms with van der Waals surface area (Å²) >= 11 is 1.62. The van der Waals surface area contributed by atoms with Gasteiger partial charge in [-0.05, 0) is 30.3 Å². The van der Waals surface area contributed by atoms with Crippen LogP contribution in [-0.2, 0) is 11.5 Å². The van der Waals surface area contributed by atoms with Crippen molar-refractivity contribution in [3.63, 3.8) is 0 Å². The SMILES string of the molecule is C[Si](C)(C)CCOCn1c(-c2ccnc3[nH]ccc23)cc(C(=O)O)c1-c1csc2ccccc12. The van der Waals surface area contributed by atoms with E-state index in [0.29, 0.717) is 12.3 Å². The molecule has 0 fully saturated rings. The van der Waals surface area contributed by atoms with Crippen LogP contribution in [0.15, 0.2) is 60.2 Å². The molecule has 0 radical (unpaired) electrons. The van der Waals surface area contributed by atoms with Crippen LogP contribution >= 0.6 is 11.3 Å². The fourth-order valence-corrected chi connectivity index (χ4v) is 5.94. The zero-order chi connectivity index (χ0) is 23.9. The molecule has 1 aromatic carbocycles. The molecule has 0 saturated carbocycles. The summed E-state index contributed by atoms with van der Waals surface area (Å²) in [5.74, 6) is -0.952. The molecule has 5 rings (SSSR count). The van der Waals surface area contributed by atoms with Crippen LogP contribution in [-0.4, -0.2) is 40.3 Å². The maximum absolute atomic E-state index is 12.5. The Morgan fingerprint density at radius 3 is 2.76 bits per heavy atom. The molecule has 0 aliphatic heterocycles. The van der Waals surface area contributed by atoms with Gasteiger partial charge in [-0.15, -0.1) is 11.3 Å². The lowest BCUT2D eigenvalue weighted by molar-refractivity contribution is 0.0696. The number of rotatable bonds is 8. The minimum Gasteiger partial charge on any atom is -0.478 e. The molecular weight excluding hydrogens is 462 g/mol. The average molecular weight is 490 g/mol. The van der Waals surface area contributed by atoms with Crippen LogP contribution in [0.3, 0.4) is 0 Å². The number of aromatic amines is 1. The Morgan fingerprint density at radius 1 is 1.15 bits per heavy atom. The quantitative estimate of drug-likeness (QED) is 0.183. The van der Waals surface area contributed by atoms with E-state index >= 15 is 0 Å². The fraction of sp³-hybridized carbons (Fsp3) is 0.231. The number of pyridine rings is 1. The van der Waals surface area contributed by atoms with Gasteiger partial charge in [-0.3, -0.25) is 0 Å². The highest BCUT2D eigenvalue weighted by Gasteiger charge is 2.25. The number of carboxylic acids is 1. The van der Waals surface area contributed by atoms with Gasteiger partial charge in [0.05, 0.1) is 17.0 Å². The Kier molecular flexibility index (Phi) is 5.89. The predicted molar refractivity (Wildman–Crippen MR) is 141 cm³/mol. The molecule has 8 heteroatoms. The number of nitrogens with zero attached hydrogens (tertiary/aromatic N) is 2. The van der Waals surface area contributed by atoms with Crippen molar-refractivity contribution in [2.45, 2.75) is 32.4 Å². The van der Waals surface area contributed by atoms with E-state index < -0.39 is 14.0 Å². The number of benzene rings is 1. The summed E-state index contributed by atoms with van der Waals surface area (Å²) in [6.45, 7) is 7.89. The van der Waals surface area contributed by atoms with Gasteiger partial charge in [0.1, 0.15) is 12.4 Å². The molecule has 4 heterocycles. The third kappa shape index (κ3) is 4.20. The van der Waals surface area contributed by atoms with E-state index in [1.165, 1.54) is 0 Å². The van der Waals surface area contributed by atoms with Crippen LogP contribution < -0.4 is 0 Å². The monoisotopic (exact) mass is 489 g/mol. The molecule has 0 saturated heterocycles. The molecule has 5 aromatic rings. The van der Waals surface area contributed by atoms with Crippen LogP contribution in [0, 0.1) is 0 Å². The smallest absolute Gasteiger partial charge is 0.337 e. The van der Waals surface area contributed by atoms with Gasteiger partial charge in [-0.1, -0.05) is 37.8 Å². The van der Waals surface area contributed by atoms with Crippen molar-refractivity contribution in [1.29, 1.82) is 0 Å². The summed E-state index contributed by atoms with van der Waals surface area (Å²) < 4.78 is 9.32. The van der Waals surface area contributed by atoms with Gasteiger partial charge in [0.2, 0.25) is 0 Å². The van der Waals surface area contributed by atoms with E-state index in [4.69, 9.17) is 4.74 Å². The summed E-state index contributed by atoms with van der Waals surface area (Å²) in [6, 6.07) is 14.8. The normalized spacial score (nSPS) is 12.1. The number of carboxylic acid groups (broad SMARTS) is 1. The van der Waals surface area contributed by atoms with Crippen molar-refractivity contribution in [2.75, 3.05) is 6.61 Å². The molecule has 34 heavy (non-hydrogen) atoms. The minimum atomic E-state index is -1.25. The Bertz CT molecular complexity index is 1490. The number of aromatic carboxylic acids is 1. The van der Waals surface area contributed by atoms with Crippen molar-refractivity contribution >= 4 is 46.5 Å². The van der Waals surface area contributed by atoms with Gasteiger partial charge in [-0.2, -0.15) is 0 Å². The van der Waals surface area contributed by atoms with Gasteiger partial charge >= 0.3 is 5.97 Å². The van der Waals surface area contributed by atoms with E-state index in [2.05, 4.69) is 35.7 Å². The Balaban J connectivity index is 1.71. The van der Waals surface area contributed by atoms with Crippen molar-refractivity contribution in [1.82, 2.24) is 14.5 Å². The third-order valence-electron chi connectivity index (χ3n) is 6.02. The molecule has 0 unspecified atom stereocenters. The number of aromatic nitrogens is 3. The summed E-state index contributed by atoms with van der Waals surface area (Å²) in [5.41, 5.74) is 4.36. The van der Waals surface area contributed by atoms with E-state index in [1.54, 1.807) is 23.6 Å². The summed E-state index contributed by atoms with van der Waals surface area (Å²) in [6.07, 6.45) is 3.60. The lowest BCUT2D eigenvalue weighted by atomic mass is 10.1. The number of thiophene rings is 1. The summed E-state index contributed by atoms with van der Waals surface area (Å²) in [5, 5.41) is 14.3. The van der Waals surface area contributed by atoms with Crippen molar-refractivity contribution < 1.29 is 14.6 Å². The van der Waals surface area contributed by atoms with Crippen LogP contribution in [0.4, 0.5) is 0 Å². The number of hydrogen-bond acceptors (Lipinski definition) is 4. The molecule has 0 aliphatic rings. The van der Waals surface area contributed by atoms with E-state index in [0.717, 1.165) is 44.0 Å². The maximum Gasteiger partial charge on any atom is 0.337 e. The highest BCUT2D eigenvalue weighted by Crippen LogP contribution is 2.40. The molecule has 2 N–H and O–H groups in total. The lowest BCUT2D eigenvalue weighted by Crippen LogP contribution is -2.22. The van der Waals surface area contributed by atoms with Crippen LogP contribution in [0.5, 0.6) is 0 Å². The highest BCUT2D eigenvalue weighted by atomic mass is 32.1. The third-order valence-corrected chi connectivity index (χ3v) is 8.68. The molecule has 0 amide bonds.